The van der Waals surface area contributed by atoms with E-state index in [0.29, 0.717) is 10.6 Å². The van der Waals surface area contributed by atoms with Gasteiger partial charge in [-0.05, 0) is 31.2 Å². The van der Waals surface area contributed by atoms with E-state index >= 15 is 0 Å². The Labute approximate surface area is 91.3 Å². The number of nitrogens with two attached hydrogens (primary N) is 1. The minimum Gasteiger partial charge on any atom is -0.468 e. The van der Waals surface area contributed by atoms with Crippen LogP contribution in [0.3, 0.4) is 0 Å². The van der Waals surface area contributed by atoms with Crippen molar-refractivity contribution in [1.82, 2.24) is 0 Å². The summed E-state index contributed by atoms with van der Waals surface area (Å²) in [4.78, 5) is 1.66. The highest BCUT2D eigenvalue weighted by Crippen LogP contribution is 2.34. The van der Waals surface area contributed by atoms with Gasteiger partial charge in [0.05, 0.1) is 11.2 Å². The maximum Gasteiger partial charge on any atom is 0.124 e. The average molecular weight is 223 g/mol. The second-order valence-electron chi connectivity index (χ2n) is 3.13. The van der Waals surface area contributed by atoms with E-state index in [9.17, 15) is 4.39 Å². The van der Waals surface area contributed by atoms with Crippen LogP contribution in [-0.4, -0.2) is 0 Å². The van der Waals surface area contributed by atoms with E-state index in [0.717, 1.165) is 10.7 Å². The van der Waals surface area contributed by atoms with Crippen LogP contribution >= 0.6 is 11.8 Å². The van der Waals surface area contributed by atoms with Gasteiger partial charge in [-0.3, -0.25) is 0 Å². The minimum absolute atomic E-state index is 0.284. The average Bonchev–Trinajstić information content (AvgIpc) is 2.58. The largest absolute Gasteiger partial charge is 0.468 e. The number of benzene rings is 1. The summed E-state index contributed by atoms with van der Waals surface area (Å²) in [6.45, 7) is 1.86. The van der Waals surface area contributed by atoms with Gasteiger partial charge in [-0.2, -0.15) is 0 Å². The van der Waals surface area contributed by atoms with Crippen LogP contribution in [0.25, 0.3) is 0 Å². The number of hydrogen-bond acceptors (Lipinski definition) is 3. The van der Waals surface area contributed by atoms with E-state index in [-0.39, 0.29) is 5.82 Å². The summed E-state index contributed by atoms with van der Waals surface area (Å²) in [5.41, 5.74) is 6.31. The van der Waals surface area contributed by atoms with Gasteiger partial charge >= 0.3 is 0 Å². The van der Waals surface area contributed by atoms with Gasteiger partial charge in [-0.1, -0.05) is 11.8 Å². The standard InChI is InChI=1S/C11H10FNOS/c1-7-10(4-5-14-7)15-11-6-8(12)2-3-9(11)13/h2-6H,13H2,1H3. The second kappa shape index (κ2) is 3.98. The molecule has 1 heterocycles. The van der Waals surface area contributed by atoms with Gasteiger partial charge in [0.2, 0.25) is 0 Å². The van der Waals surface area contributed by atoms with Crippen molar-refractivity contribution in [2.75, 3.05) is 5.73 Å². The molecule has 2 rings (SSSR count). The van der Waals surface area contributed by atoms with Crippen LogP contribution in [0, 0.1) is 12.7 Å². The summed E-state index contributed by atoms with van der Waals surface area (Å²) in [6.07, 6.45) is 1.60. The van der Waals surface area contributed by atoms with Gasteiger partial charge in [0.25, 0.3) is 0 Å². The van der Waals surface area contributed by atoms with E-state index < -0.39 is 0 Å². The van der Waals surface area contributed by atoms with Gasteiger partial charge < -0.3 is 10.2 Å². The monoisotopic (exact) mass is 223 g/mol. The van der Waals surface area contributed by atoms with Crippen molar-refractivity contribution in [2.45, 2.75) is 16.7 Å². The topological polar surface area (TPSA) is 39.2 Å². The Bertz CT molecular complexity index is 481. The molecule has 0 radical (unpaired) electrons. The lowest BCUT2D eigenvalue weighted by atomic mass is 10.3. The number of anilines is 1. The third kappa shape index (κ3) is 2.15. The van der Waals surface area contributed by atoms with Gasteiger partial charge in [0.15, 0.2) is 0 Å². The molecule has 0 amide bonds. The molecular weight excluding hydrogens is 213 g/mol. The molecule has 4 heteroatoms. The molecule has 0 saturated heterocycles. The summed E-state index contributed by atoms with van der Waals surface area (Å²) < 4.78 is 18.1. The molecule has 0 atom stereocenters. The maximum atomic E-state index is 13.0. The molecule has 0 fully saturated rings. The fraction of sp³-hybridized carbons (Fsp3) is 0.0909. The Morgan fingerprint density at radius 3 is 2.73 bits per heavy atom. The van der Waals surface area contributed by atoms with E-state index in [4.69, 9.17) is 10.2 Å². The molecule has 0 spiro atoms. The fourth-order valence-corrected chi connectivity index (χ4v) is 2.10. The molecule has 0 saturated carbocycles. The third-order valence-electron chi connectivity index (χ3n) is 2.01. The van der Waals surface area contributed by atoms with Crippen molar-refractivity contribution in [1.29, 1.82) is 0 Å². The van der Waals surface area contributed by atoms with E-state index in [2.05, 4.69) is 0 Å². The lowest BCUT2D eigenvalue weighted by molar-refractivity contribution is 0.527. The number of halogens is 1. The summed E-state index contributed by atoms with van der Waals surface area (Å²) in [5, 5.41) is 0. The molecule has 0 unspecified atom stereocenters. The van der Waals surface area contributed by atoms with E-state index in [1.165, 1.54) is 23.9 Å². The first-order valence-electron chi connectivity index (χ1n) is 4.44. The molecular formula is C11H10FNOS. The van der Waals surface area contributed by atoms with Crippen LogP contribution in [0.2, 0.25) is 0 Å². The number of furan rings is 1. The molecule has 0 aliphatic heterocycles. The first kappa shape index (κ1) is 10.1. The van der Waals surface area contributed by atoms with Gasteiger partial charge in [-0.15, -0.1) is 0 Å². The number of nitrogen functional groups attached to an aromatic ring is 1. The molecule has 0 aliphatic rings. The Kier molecular flexibility index (Phi) is 2.68. The van der Waals surface area contributed by atoms with Crippen molar-refractivity contribution in [3.8, 4) is 0 Å². The zero-order chi connectivity index (χ0) is 10.8. The summed E-state index contributed by atoms with van der Waals surface area (Å²) >= 11 is 1.40. The Hall–Kier alpha value is -1.42. The lowest BCUT2D eigenvalue weighted by Gasteiger charge is -2.03. The summed E-state index contributed by atoms with van der Waals surface area (Å²) in [7, 11) is 0. The van der Waals surface area contributed by atoms with Crippen LogP contribution in [0.5, 0.6) is 0 Å². The van der Waals surface area contributed by atoms with Crippen LogP contribution < -0.4 is 5.73 Å². The Balaban J connectivity index is 2.32. The van der Waals surface area contributed by atoms with Crippen molar-refractivity contribution >= 4 is 17.4 Å². The van der Waals surface area contributed by atoms with Crippen molar-refractivity contribution in [3.05, 3.63) is 42.1 Å². The zero-order valence-electron chi connectivity index (χ0n) is 8.16. The predicted octanol–water partition coefficient (Wildman–Crippen LogP) is 3.46. The normalized spacial score (nSPS) is 10.5. The molecule has 0 bridgehead atoms. The van der Waals surface area contributed by atoms with E-state index in [1.807, 2.05) is 13.0 Å². The van der Waals surface area contributed by atoms with Crippen molar-refractivity contribution < 1.29 is 8.81 Å². The molecule has 2 N–H and O–H groups in total. The smallest absolute Gasteiger partial charge is 0.124 e. The van der Waals surface area contributed by atoms with Gasteiger partial charge in [0, 0.05) is 10.6 Å². The van der Waals surface area contributed by atoms with Gasteiger partial charge in [-0.25, -0.2) is 4.39 Å². The molecule has 15 heavy (non-hydrogen) atoms. The lowest BCUT2D eigenvalue weighted by Crippen LogP contribution is -1.89. The van der Waals surface area contributed by atoms with Gasteiger partial charge in [0.1, 0.15) is 11.6 Å². The third-order valence-corrected chi connectivity index (χ3v) is 3.22. The van der Waals surface area contributed by atoms with Crippen molar-refractivity contribution in [2.24, 2.45) is 0 Å². The highest BCUT2D eigenvalue weighted by Gasteiger charge is 2.07. The van der Waals surface area contributed by atoms with E-state index in [1.54, 1.807) is 12.3 Å². The van der Waals surface area contributed by atoms with Crippen LogP contribution in [0.1, 0.15) is 5.76 Å². The summed E-state index contributed by atoms with van der Waals surface area (Å²) in [6, 6.07) is 6.17. The molecule has 2 aromatic rings. The predicted molar refractivity (Wildman–Crippen MR) is 58.4 cm³/mol. The molecule has 2 nitrogen and oxygen atoms in total. The van der Waals surface area contributed by atoms with Crippen LogP contribution in [0.15, 0.2) is 44.7 Å². The number of rotatable bonds is 2. The van der Waals surface area contributed by atoms with Crippen molar-refractivity contribution in [3.63, 3.8) is 0 Å². The van der Waals surface area contributed by atoms with Crippen LogP contribution in [0.4, 0.5) is 10.1 Å². The second-order valence-corrected chi connectivity index (χ2v) is 4.21. The molecule has 1 aromatic heterocycles. The first-order chi connectivity index (χ1) is 7.16. The molecule has 78 valence electrons. The maximum absolute atomic E-state index is 13.0. The zero-order valence-corrected chi connectivity index (χ0v) is 8.98. The Morgan fingerprint density at radius 2 is 2.07 bits per heavy atom. The summed E-state index contributed by atoms with van der Waals surface area (Å²) in [5.74, 6) is 0.525. The fourth-order valence-electron chi connectivity index (χ4n) is 1.19. The first-order valence-corrected chi connectivity index (χ1v) is 5.25. The number of hydrogen-bond donors (Lipinski definition) is 1. The molecule has 0 aliphatic carbocycles. The SMILES string of the molecule is Cc1occc1Sc1cc(F)ccc1N. The molecule has 1 aromatic carbocycles. The number of aryl methyl sites for hydroxylation is 1. The highest BCUT2D eigenvalue weighted by atomic mass is 32.2. The highest BCUT2D eigenvalue weighted by molar-refractivity contribution is 7.99. The minimum atomic E-state index is -0.284. The quantitative estimate of drug-likeness (QED) is 0.792. The Morgan fingerprint density at radius 1 is 1.27 bits per heavy atom. The van der Waals surface area contributed by atoms with Crippen LogP contribution in [-0.2, 0) is 0 Å².